The van der Waals surface area contributed by atoms with Gasteiger partial charge in [0.15, 0.2) is 0 Å². The molecule has 2 aromatic carbocycles. The summed E-state index contributed by atoms with van der Waals surface area (Å²) in [5.41, 5.74) is 2.64. The van der Waals surface area contributed by atoms with Gasteiger partial charge in [-0.3, -0.25) is 0 Å². The Bertz CT molecular complexity index is 605. The van der Waals surface area contributed by atoms with E-state index in [2.05, 4.69) is 107 Å². The Labute approximate surface area is 142 Å². The largest absolute Gasteiger partial charge is 0.377 e. The van der Waals surface area contributed by atoms with E-state index in [0.29, 0.717) is 0 Å². The Morgan fingerprint density at radius 1 is 0.652 bits per heavy atom. The maximum atomic E-state index is 2.36. The molecule has 0 fully saturated rings. The smallest absolute Gasteiger partial charge is 0.0442 e. The van der Waals surface area contributed by atoms with E-state index >= 15 is 0 Å². The topological polar surface area (TPSA) is 6.48 Å². The quantitative estimate of drug-likeness (QED) is 0.781. The molecule has 3 heteroatoms. The minimum Gasteiger partial charge on any atom is -0.377 e. The Morgan fingerprint density at radius 2 is 1.00 bits per heavy atom. The van der Waals surface area contributed by atoms with Gasteiger partial charge in [-0.1, -0.05) is 57.2 Å². The maximum absolute atomic E-state index is 2.36. The molecule has 0 aliphatic rings. The van der Waals surface area contributed by atoms with E-state index in [1.54, 1.807) is 0 Å². The third-order valence-electron chi connectivity index (χ3n) is 3.88. The van der Waals surface area contributed by atoms with E-state index in [4.69, 9.17) is 0 Å². The molecule has 23 heavy (non-hydrogen) atoms. The molecule has 0 aliphatic heterocycles. The number of anilines is 2. The van der Waals surface area contributed by atoms with Crippen LogP contribution in [0.5, 0.6) is 0 Å². The second-order valence-electron chi connectivity index (χ2n) is 7.27. The molecule has 0 heterocycles. The number of hydrogen-bond acceptors (Lipinski definition) is 2. The molecule has 2 nitrogen and oxygen atoms in total. The summed E-state index contributed by atoms with van der Waals surface area (Å²) in [5.74, 6) is 0. The molecule has 0 N–H and O–H groups in total. The third-order valence-corrected chi connectivity index (χ3v) is 6.94. The predicted octanol–water partition coefficient (Wildman–Crippen LogP) is 4.05. The van der Waals surface area contributed by atoms with Crippen LogP contribution in [0.2, 0.25) is 0 Å². The first kappa shape index (κ1) is 17.8. The van der Waals surface area contributed by atoms with Crippen molar-refractivity contribution in [3.8, 4) is 0 Å². The zero-order chi connectivity index (χ0) is 17.2. The molecule has 0 amide bonds. The van der Waals surface area contributed by atoms with Gasteiger partial charge in [0, 0.05) is 50.2 Å². The Morgan fingerprint density at radius 3 is 1.30 bits per heavy atom. The lowest BCUT2D eigenvalue weighted by Crippen LogP contribution is -2.32. The first-order chi connectivity index (χ1) is 10.7. The van der Waals surface area contributed by atoms with Crippen molar-refractivity contribution in [3.05, 3.63) is 48.5 Å². The van der Waals surface area contributed by atoms with Crippen molar-refractivity contribution in [2.45, 2.75) is 25.9 Å². The molecule has 0 aliphatic carbocycles. The van der Waals surface area contributed by atoms with Crippen molar-refractivity contribution in [3.63, 3.8) is 0 Å². The fraction of sp³-hybridized carbons (Fsp3) is 0.400. The molecule has 0 saturated carbocycles. The van der Waals surface area contributed by atoms with Crippen LogP contribution in [0.25, 0.3) is 0 Å². The van der Waals surface area contributed by atoms with Crippen molar-refractivity contribution in [1.29, 1.82) is 0 Å². The van der Waals surface area contributed by atoms with Crippen molar-refractivity contribution in [2.24, 2.45) is 0 Å². The highest BCUT2D eigenvalue weighted by molar-refractivity contribution is 7.75. The van der Waals surface area contributed by atoms with Gasteiger partial charge >= 0.3 is 0 Å². The van der Waals surface area contributed by atoms with E-state index in [-0.39, 0.29) is 5.16 Å². The zero-order valence-corrected chi connectivity index (χ0v) is 16.4. The Balaban J connectivity index is 2.71. The van der Waals surface area contributed by atoms with Gasteiger partial charge in [-0.2, -0.15) is 0 Å². The maximum Gasteiger partial charge on any atom is 0.0442 e. The number of nitrogens with zero attached hydrogens (tertiary/aromatic N) is 2. The summed E-state index contributed by atoms with van der Waals surface area (Å²) in [5, 5.41) is 3.09. The van der Waals surface area contributed by atoms with Crippen LogP contribution in [0.3, 0.4) is 0 Å². The first-order valence-corrected chi connectivity index (χ1v) is 9.40. The fourth-order valence-corrected chi connectivity index (χ4v) is 6.10. The average molecular weight is 328 g/mol. The molecular weight excluding hydrogens is 299 g/mol. The number of hydrogen-bond donors (Lipinski definition) is 0. The molecule has 0 aromatic heterocycles. The molecule has 0 atom stereocenters. The SMILES string of the molecule is CN(C)c1ccccc1P(c1ccccc1N(C)C)C(C)(C)C. The first-order valence-electron chi connectivity index (χ1n) is 8.06. The van der Waals surface area contributed by atoms with Crippen LogP contribution in [-0.2, 0) is 0 Å². The van der Waals surface area contributed by atoms with Crippen molar-refractivity contribution in [1.82, 2.24) is 0 Å². The van der Waals surface area contributed by atoms with Crippen LogP contribution in [-0.4, -0.2) is 33.3 Å². The van der Waals surface area contributed by atoms with Crippen LogP contribution in [0.4, 0.5) is 11.4 Å². The van der Waals surface area contributed by atoms with Crippen molar-refractivity contribution in [2.75, 3.05) is 38.0 Å². The lowest BCUT2D eigenvalue weighted by molar-refractivity contribution is 0.793. The van der Waals surface area contributed by atoms with Gasteiger partial charge < -0.3 is 9.80 Å². The summed E-state index contributed by atoms with van der Waals surface area (Å²) in [4.78, 5) is 4.46. The summed E-state index contributed by atoms with van der Waals surface area (Å²) in [6.07, 6.45) is 0. The molecule has 0 unspecified atom stereocenters. The highest BCUT2D eigenvalue weighted by atomic mass is 31.1. The van der Waals surface area contributed by atoms with Crippen LogP contribution in [0, 0.1) is 0 Å². The normalized spacial score (nSPS) is 11.7. The lowest BCUT2D eigenvalue weighted by atomic mass is 10.2. The summed E-state index contributed by atoms with van der Waals surface area (Å²) in [7, 11) is 8.05. The molecule has 124 valence electrons. The molecule has 0 radical (unpaired) electrons. The zero-order valence-electron chi connectivity index (χ0n) is 15.5. The van der Waals surface area contributed by atoms with Gasteiger partial charge in [0.1, 0.15) is 0 Å². The minimum atomic E-state index is -0.482. The van der Waals surface area contributed by atoms with Gasteiger partial charge in [0.2, 0.25) is 0 Å². The summed E-state index contributed by atoms with van der Waals surface area (Å²) in [6, 6.07) is 17.7. The van der Waals surface area contributed by atoms with Crippen LogP contribution >= 0.6 is 7.92 Å². The number of para-hydroxylation sites is 2. The Hall–Kier alpha value is -1.53. The molecular formula is C20H29N2P. The highest BCUT2D eigenvalue weighted by Gasteiger charge is 2.31. The molecule has 2 rings (SSSR count). The molecule has 0 saturated heterocycles. The number of rotatable bonds is 4. The van der Waals surface area contributed by atoms with Gasteiger partial charge in [0.05, 0.1) is 0 Å². The second-order valence-corrected chi connectivity index (χ2v) is 10.2. The summed E-state index contributed by atoms with van der Waals surface area (Å²) >= 11 is 0. The van der Waals surface area contributed by atoms with Gasteiger partial charge in [-0.15, -0.1) is 0 Å². The van der Waals surface area contributed by atoms with Crippen molar-refractivity contribution < 1.29 is 0 Å². The van der Waals surface area contributed by atoms with E-state index in [1.807, 2.05) is 0 Å². The van der Waals surface area contributed by atoms with Crippen LogP contribution in [0.1, 0.15) is 20.8 Å². The molecule has 0 spiro atoms. The molecule has 2 aromatic rings. The lowest BCUT2D eigenvalue weighted by Gasteiger charge is -2.36. The van der Waals surface area contributed by atoms with E-state index in [0.717, 1.165) is 0 Å². The predicted molar refractivity (Wildman–Crippen MR) is 107 cm³/mol. The van der Waals surface area contributed by atoms with E-state index in [9.17, 15) is 0 Å². The monoisotopic (exact) mass is 328 g/mol. The van der Waals surface area contributed by atoms with Crippen molar-refractivity contribution >= 4 is 29.9 Å². The fourth-order valence-electron chi connectivity index (χ4n) is 2.92. The molecule has 0 bridgehead atoms. The van der Waals surface area contributed by atoms with E-state index in [1.165, 1.54) is 22.0 Å². The summed E-state index contributed by atoms with van der Waals surface area (Å²) < 4.78 is 0. The standard InChI is InChI=1S/C20H29N2P/c1-20(2,3)23(18-14-10-8-12-16(18)21(4)5)19-15-11-9-13-17(19)22(6)7/h8-15H,1-7H3. The summed E-state index contributed by atoms with van der Waals surface area (Å²) in [6.45, 7) is 7.08. The van der Waals surface area contributed by atoms with Gasteiger partial charge in [-0.05, 0) is 25.2 Å². The Kier molecular flexibility index (Phi) is 5.37. The van der Waals surface area contributed by atoms with E-state index < -0.39 is 7.92 Å². The van der Waals surface area contributed by atoms with Crippen LogP contribution in [0.15, 0.2) is 48.5 Å². The van der Waals surface area contributed by atoms with Gasteiger partial charge in [-0.25, -0.2) is 0 Å². The highest BCUT2D eigenvalue weighted by Crippen LogP contribution is 2.50. The third kappa shape index (κ3) is 3.87. The average Bonchev–Trinajstić information content (AvgIpc) is 2.46. The number of benzene rings is 2. The minimum absolute atomic E-state index is 0.188. The van der Waals surface area contributed by atoms with Gasteiger partial charge in [0.25, 0.3) is 0 Å². The second kappa shape index (κ2) is 6.93. The van der Waals surface area contributed by atoms with Crippen LogP contribution < -0.4 is 20.4 Å².